The van der Waals surface area contributed by atoms with Crippen molar-refractivity contribution in [2.45, 2.75) is 103 Å². The number of hydrogen-bond acceptors (Lipinski definition) is 5. The molecule has 2 atom stereocenters. The highest BCUT2D eigenvalue weighted by atomic mass is 19.4. The summed E-state index contributed by atoms with van der Waals surface area (Å²) in [4.78, 5) is 35.3. The van der Waals surface area contributed by atoms with Gasteiger partial charge in [-0.25, -0.2) is 14.8 Å². The number of halogens is 3. The second-order valence-electron chi connectivity index (χ2n) is 11.3. The number of rotatable bonds is 15. The molecule has 0 radical (unpaired) electrons. The quantitative estimate of drug-likeness (QED) is 0.155. The minimum Gasteiger partial charge on any atom is -0.444 e. The number of urea groups is 1. The summed E-state index contributed by atoms with van der Waals surface area (Å²) in [5.74, 6) is -0.275. The normalized spacial score (nSPS) is 17.4. The van der Waals surface area contributed by atoms with Crippen LogP contribution < -0.4 is 5.32 Å². The van der Waals surface area contributed by atoms with E-state index in [1.807, 2.05) is 28.9 Å². The van der Waals surface area contributed by atoms with E-state index in [0.29, 0.717) is 24.3 Å². The van der Waals surface area contributed by atoms with Gasteiger partial charge in [0, 0.05) is 43.5 Å². The smallest absolute Gasteiger partial charge is 0.405 e. The number of carbonyl (C=O) groups is 2. The molecule has 42 heavy (non-hydrogen) atoms. The van der Waals surface area contributed by atoms with Gasteiger partial charge in [0.15, 0.2) is 18.0 Å². The number of carbonyl (C=O) groups excluding carboxylic acids is 2. The number of esters is 1. The third-order valence-corrected chi connectivity index (χ3v) is 8.19. The molecular weight excluding hydrogens is 549 g/mol. The van der Waals surface area contributed by atoms with Crippen molar-refractivity contribution in [3.05, 3.63) is 30.4 Å². The first kappa shape index (κ1) is 31.6. The van der Waals surface area contributed by atoms with Crippen molar-refractivity contribution in [1.82, 2.24) is 29.2 Å². The lowest BCUT2D eigenvalue weighted by Crippen LogP contribution is -2.42. The molecule has 9 nitrogen and oxygen atoms in total. The van der Waals surface area contributed by atoms with Crippen LogP contribution in [0.15, 0.2) is 24.7 Å². The Morgan fingerprint density at radius 2 is 1.71 bits per heavy atom. The van der Waals surface area contributed by atoms with Crippen molar-refractivity contribution in [2.75, 3.05) is 19.6 Å². The molecular formula is C30H43F3N6O3. The number of amides is 2. The van der Waals surface area contributed by atoms with Crippen molar-refractivity contribution in [1.29, 1.82) is 0 Å². The summed E-state index contributed by atoms with van der Waals surface area (Å²) in [7, 11) is 0. The van der Waals surface area contributed by atoms with Crippen LogP contribution in [0.3, 0.4) is 0 Å². The van der Waals surface area contributed by atoms with Crippen LogP contribution >= 0.6 is 0 Å². The highest BCUT2D eigenvalue weighted by molar-refractivity contribution is 5.77. The Morgan fingerprint density at radius 3 is 2.40 bits per heavy atom. The van der Waals surface area contributed by atoms with Crippen LogP contribution in [0, 0.1) is 5.92 Å². The van der Waals surface area contributed by atoms with Crippen LogP contribution in [0.2, 0.25) is 0 Å². The average Bonchev–Trinajstić information content (AvgIpc) is 3.69. The number of likely N-dealkylation sites (tertiary alicyclic amines) is 1. The van der Waals surface area contributed by atoms with Gasteiger partial charge in [0.25, 0.3) is 0 Å². The van der Waals surface area contributed by atoms with Gasteiger partial charge in [-0.05, 0) is 18.4 Å². The Bertz CT molecular complexity index is 1320. The Labute approximate surface area is 244 Å². The summed E-state index contributed by atoms with van der Waals surface area (Å²) in [6, 6.07) is 1.17. The molecule has 1 fully saturated rings. The lowest BCUT2D eigenvalue weighted by molar-refractivity contribution is -0.147. The zero-order valence-corrected chi connectivity index (χ0v) is 24.7. The lowest BCUT2D eigenvalue weighted by Gasteiger charge is -2.18. The van der Waals surface area contributed by atoms with Gasteiger partial charge in [-0.1, -0.05) is 71.6 Å². The van der Waals surface area contributed by atoms with Gasteiger partial charge in [0.1, 0.15) is 6.54 Å². The molecule has 3 aromatic rings. The molecule has 3 aromatic heterocycles. The number of nitrogens with zero attached hydrogens (tertiary/aromatic N) is 5. The predicted octanol–water partition coefficient (Wildman–Crippen LogP) is 6.80. The van der Waals surface area contributed by atoms with Gasteiger partial charge in [0.2, 0.25) is 0 Å². The van der Waals surface area contributed by atoms with Crippen molar-refractivity contribution >= 4 is 28.8 Å². The number of ether oxygens (including phenoxy) is 1. The number of imidazole rings is 1. The molecule has 4 rings (SSSR count). The van der Waals surface area contributed by atoms with Gasteiger partial charge >= 0.3 is 18.2 Å². The van der Waals surface area contributed by atoms with Crippen molar-refractivity contribution in [3.63, 3.8) is 0 Å². The van der Waals surface area contributed by atoms with Crippen LogP contribution in [0.4, 0.5) is 18.0 Å². The van der Waals surface area contributed by atoms with Crippen molar-refractivity contribution < 1.29 is 27.5 Å². The highest BCUT2D eigenvalue weighted by Crippen LogP contribution is 2.36. The zero-order valence-electron chi connectivity index (χ0n) is 24.7. The van der Waals surface area contributed by atoms with E-state index in [0.717, 1.165) is 36.9 Å². The van der Waals surface area contributed by atoms with Crippen LogP contribution in [0.1, 0.15) is 96.1 Å². The minimum atomic E-state index is -4.46. The molecule has 0 unspecified atom stereocenters. The molecule has 232 valence electrons. The number of aromatic nitrogens is 4. The first-order valence-electron chi connectivity index (χ1n) is 15.3. The third kappa shape index (κ3) is 8.16. The van der Waals surface area contributed by atoms with E-state index in [9.17, 15) is 22.8 Å². The van der Waals surface area contributed by atoms with E-state index in [1.54, 1.807) is 17.0 Å². The molecule has 4 heterocycles. The van der Waals surface area contributed by atoms with Gasteiger partial charge in [-0.15, -0.1) is 0 Å². The molecule has 1 saturated heterocycles. The molecule has 0 spiro atoms. The van der Waals surface area contributed by atoms with Crippen LogP contribution in [0.25, 0.3) is 16.8 Å². The number of alkyl halides is 3. The largest absolute Gasteiger partial charge is 0.444 e. The Balaban J connectivity index is 1.35. The monoisotopic (exact) mass is 592 g/mol. The second kappa shape index (κ2) is 14.7. The van der Waals surface area contributed by atoms with Gasteiger partial charge < -0.3 is 15.0 Å². The second-order valence-corrected chi connectivity index (χ2v) is 11.3. The maximum atomic E-state index is 12.6. The molecule has 12 heteroatoms. The summed E-state index contributed by atoms with van der Waals surface area (Å²) in [5.41, 5.74) is 2.91. The van der Waals surface area contributed by atoms with E-state index in [1.165, 1.54) is 43.4 Å². The van der Waals surface area contributed by atoms with E-state index < -0.39 is 18.8 Å². The average molecular weight is 593 g/mol. The number of nitrogens with one attached hydrogen (secondary N) is 1. The fourth-order valence-corrected chi connectivity index (χ4v) is 5.85. The first-order valence-corrected chi connectivity index (χ1v) is 15.3. The zero-order chi connectivity index (χ0) is 30.1. The fraction of sp³-hybridized carbons (Fsp3) is 0.667. The summed E-state index contributed by atoms with van der Waals surface area (Å²) < 4.78 is 47.2. The van der Waals surface area contributed by atoms with E-state index in [4.69, 9.17) is 4.74 Å². The summed E-state index contributed by atoms with van der Waals surface area (Å²) in [5, 5.41) is 1.98. The molecule has 1 aliphatic rings. The predicted molar refractivity (Wildman–Crippen MR) is 154 cm³/mol. The van der Waals surface area contributed by atoms with E-state index in [2.05, 4.69) is 16.9 Å². The SMILES string of the molecule is CCCCCCCCCCCC(=O)OCn1ccc2c1ncc1ncc([C@H]3CN(C(=O)NCC(F)(F)F)C[C@H]3CC)n12. The van der Waals surface area contributed by atoms with E-state index >= 15 is 0 Å². The molecule has 1 N–H and O–H groups in total. The van der Waals surface area contributed by atoms with Crippen molar-refractivity contribution in [3.8, 4) is 0 Å². The Hall–Kier alpha value is -3.31. The van der Waals surface area contributed by atoms with E-state index in [-0.39, 0.29) is 31.1 Å². The summed E-state index contributed by atoms with van der Waals surface area (Å²) in [6.07, 6.45) is 12.5. The standard InChI is InChI=1S/C30H43F3N6O3/c1-3-5-6-7-8-9-10-11-12-13-27(40)42-21-37-15-14-24-28(37)35-17-26-34-16-25(39(24)26)23-19-38(18-22(23)4-2)29(41)36-20-30(31,32)33/h14-17,22-23H,3-13,18-21H2,1-2H3,(H,36,41)/t22-,23+/m1/s1. The topological polar surface area (TPSA) is 93.8 Å². The molecule has 0 aliphatic carbocycles. The first-order chi connectivity index (χ1) is 20.2. The maximum Gasteiger partial charge on any atom is 0.405 e. The summed E-state index contributed by atoms with van der Waals surface area (Å²) >= 11 is 0. The van der Waals surface area contributed by atoms with Crippen LogP contribution in [0.5, 0.6) is 0 Å². The highest BCUT2D eigenvalue weighted by Gasteiger charge is 2.38. The minimum absolute atomic E-state index is 0.0521. The Kier molecular flexibility index (Phi) is 11.1. The van der Waals surface area contributed by atoms with Crippen molar-refractivity contribution in [2.24, 2.45) is 5.92 Å². The Morgan fingerprint density at radius 1 is 1.00 bits per heavy atom. The molecule has 0 bridgehead atoms. The summed E-state index contributed by atoms with van der Waals surface area (Å²) in [6.45, 7) is 3.57. The third-order valence-electron chi connectivity index (χ3n) is 8.19. The van der Waals surface area contributed by atoms with Crippen LogP contribution in [-0.4, -0.2) is 61.6 Å². The van der Waals surface area contributed by atoms with Gasteiger partial charge in [0.05, 0.1) is 11.7 Å². The maximum absolute atomic E-state index is 12.6. The molecule has 1 aliphatic heterocycles. The van der Waals surface area contributed by atoms with Gasteiger partial charge in [-0.2, -0.15) is 13.2 Å². The number of hydrogen-bond donors (Lipinski definition) is 1. The lowest BCUT2D eigenvalue weighted by atomic mass is 9.91. The molecule has 0 aromatic carbocycles. The number of fused-ring (bicyclic) bond motifs is 3. The van der Waals surface area contributed by atoms with Crippen LogP contribution in [-0.2, 0) is 16.3 Å². The number of unbranched alkanes of at least 4 members (excludes halogenated alkanes) is 8. The molecule has 0 saturated carbocycles. The fourth-order valence-electron chi connectivity index (χ4n) is 5.85. The molecule has 2 amide bonds. The van der Waals surface area contributed by atoms with Gasteiger partial charge in [-0.3, -0.25) is 13.8 Å².